The molecule has 0 heterocycles. The Morgan fingerprint density at radius 2 is 1.69 bits per heavy atom. The number of nitrogens with zero attached hydrogens (tertiary/aromatic N) is 1. The molecular formula is C19H24BrN3O3. The highest BCUT2D eigenvalue weighted by Crippen LogP contribution is 2.39. The van der Waals surface area contributed by atoms with E-state index < -0.39 is 0 Å². The lowest BCUT2D eigenvalue weighted by Gasteiger charge is -2.17. The summed E-state index contributed by atoms with van der Waals surface area (Å²) in [5.74, 6) is 2.35. The van der Waals surface area contributed by atoms with Gasteiger partial charge in [-0.2, -0.15) is 0 Å². The highest BCUT2D eigenvalue weighted by atomic mass is 79.9. The summed E-state index contributed by atoms with van der Waals surface area (Å²) in [7, 11) is 6.48. The molecule has 26 heavy (non-hydrogen) atoms. The number of rotatable bonds is 6. The molecule has 0 aliphatic carbocycles. The molecule has 0 aliphatic rings. The number of hydrogen-bond donors (Lipinski definition) is 2. The van der Waals surface area contributed by atoms with E-state index in [-0.39, 0.29) is 0 Å². The van der Waals surface area contributed by atoms with Crippen molar-refractivity contribution in [1.29, 1.82) is 0 Å². The number of aliphatic imine (C=N–C) groups is 1. The van der Waals surface area contributed by atoms with E-state index in [0.29, 0.717) is 29.8 Å². The fourth-order valence-corrected chi connectivity index (χ4v) is 2.98. The van der Waals surface area contributed by atoms with Crippen molar-refractivity contribution in [2.75, 3.05) is 33.7 Å². The molecule has 0 saturated heterocycles. The standard InChI is InChI=1S/C19H24BrN3O3/c1-12-8-14(20)7-6-13(12)11-22-19(21-2)23-15-9-16(24-3)18(26-5)17(10-15)25-4/h6-10H,11H2,1-5H3,(H2,21,22,23). The summed E-state index contributed by atoms with van der Waals surface area (Å²) in [6.45, 7) is 2.74. The molecule has 0 unspecified atom stereocenters. The largest absolute Gasteiger partial charge is 0.493 e. The number of benzene rings is 2. The van der Waals surface area contributed by atoms with Gasteiger partial charge in [-0.15, -0.1) is 0 Å². The maximum atomic E-state index is 5.38. The Morgan fingerprint density at radius 1 is 1.04 bits per heavy atom. The van der Waals surface area contributed by atoms with E-state index in [2.05, 4.69) is 50.6 Å². The number of nitrogens with one attached hydrogen (secondary N) is 2. The van der Waals surface area contributed by atoms with Gasteiger partial charge in [-0.3, -0.25) is 4.99 Å². The smallest absolute Gasteiger partial charge is 0.203 e. The Hall–Kier alpha value is -2.41. The molecule has 0 aromatic heterocycles. The molecule has 6 nitrogen and oxygen atoms in total. The van der Waals surface area contributed by atoms with Crippen LogP contribution in [0.4, 0.5) is 5.69 Å². The van der Waals surface area contributed by atoms with Crippen LogP contribution in [0.25, 0.3) is 0 Å². The van der Waals surface area contributed by atoms with Crippen LogP contribution in [-0.2, 0) is 6.54 Å². The molecule has 0 aliphatic heterocycles. The minimum atomic E-state index is 0.550. The van der Waals surface area contributed by atoms with Gasteiger partial charge in [0.1, 0.15) is 0 Å². The highest BCUT2D eigenvalue weighted by molar-refractivity contribution is 9.10. The summed E-state index contributed by atoms with van der Waals surface area (Å²) in [5.41, 5.74) is 3.18. The van der Waals surface area contributed by atoms with Crippen molar-refractivity contribution in [1.82, 2.24) is 5.32 Å². The van der Waals surface area contributed by atoms with Crippen LogP contribution in [0.3, 0.4) is 0 Å². The van der Waals surface area contributed by atoms with Crippen molar-refractivity contribution in [2.24, 2.45) is 4.99 Å². The molecule has 2 N–H and O–H groups in total. The maximum Gasteiger partial charge on any atom is 0.203 e. The van der Waals surface area contributed by atoms with E-state index in [9.17, 15) is 0 Å². The zero-order valence-corrected chi connectivity index (χ0v) is 17.2. The second-order valence-corrected chi connectivity index (χ2v) is 6.45. The van der Waals surface area contributed by atoms with Gasteiger partial charge in [0.05, 0.1) is 21.3 Å². The normalized spacial score (nSPS) is 11.1. The SMILES string of the molecule is CN=C(NCc1ccc(Br)cc1C)Nc1cc(OC)c(OC)c(OC)c1. The van der Waals surface area contributed by atoms with Crippen LogP contribution in [0, 0.1) is 6.92 Å². The van der Waals surface area contributed by atoms with Crippen LogP contribution < -0.4 is 24.8 Å². The quantitative estimate of drug-likeness (QED) is 0.545. The molecule has 0 bridgehead atoms. The number of methoxy groups -OCH3 is 3. The minimum Gasteiger partial charge on any atom is -0.493 e. The lowest BCUT2D eigenvalue weighted by atomic mass is 10.1. The summed E-state index contributed by atoms with van der Waals surface area (Å²) in [5, 5.41) is 6.55. The fourth-order valence-electron chi connectivity index (χ4n) is 2.51. The van der Waals surface area contributed by atoms with Gasteiger partial charge in [0.15, 0.2) is 17.5 Å². The number of guanidine groups is 1. The first kappa shape index (κ1) is 19.9. The number of anilines is 1. The van der Waals surface area contributed by atoms with Crippen LogP contribution in [0.15, 0.2) is 39.8 Å². The molecule has 0 amide bonds. The number of aryl methyl sites for hydroxylation is 1. The molecule has 0 atom stereocenters. The van der Waals surface area contributed by atoms with Gasteiger partial charge in [0.25, 0.3) is 0 Å². The van der Waals surface area contributed by atoms with Crippen LogP contribution in [0.1, 0.15) is 11.1 Å². The Balaban J connectivity index is 2.15. The van der Waals surface area contributed by atoms with Gasteiger partial charge in [0, 0.05) is 35.9 Å². The predicted molar refractivity (Wildman–Crippen MR) is 109 cm³/mol. The van der Waals surface area contributed by atoms with Crippen molar-refractivity contribution < 1.29 is 14.2 Å². The molecule has 2 aromatic rings. The third kappa shape index (κ3) is 4.82. The van der Waals surface area contributed by atoms with Gasteiger partial charge >= 0.3 is 0 Å². The summed E-state index contributed by atoms with van der Waals surface area (Å²) < 4.78 is 17.2. The number of halogens is 1. The Labute approximate surface area is 162 Å². The summed E-state index contributed by atoms with van der Waals surface area (Å²) in [4.78, 5) is 4.27. The molecule has 0 spiro atoms. The lowest BCUT2D eigenvalue weighted by Crippen LogP contribution is -2.30. The van der Waals surface area contributed by atoms with Gasteiger partial charge in [0.2, 0.25) is 5.75 Å². The van der Waals surface area contributed by atoms with Gasteiger partial charge < -0.3 is 24.8 Å². The summed E-state index contributed by atoms with van der Waals surface area (Å²) in [6.07, 6.45) is 0. The van der Waals surface area contributed by atoms with E-state index >= 15 is 0 Å². The molecule has 2 rings (SSSR count). The van der Waals surface area contributed by atoms with Gasteiger partial charge in [-0.1, -0.05) is 22.0 Å². The van der Waals surface area contributed by atoms with Crippen molar-refractivity contribution in [3.8, 4) is 17.2 Å². The molecular weight excluding hydrogens is 398 g/mol. The third-order valence-electron chi connectivity index (χ3n) is 3.90. The average molecular weight is 422 g/mol. The Kier molecular flexibility index (Phi) is 7.15. The molecule has 0 fully saturated rings. The molecule has 2 aromatic carbocycles. The zero-order valence-electron chi connectivity index (χ0n) is 15.6. The Morgan fingerprint density at radius 3 is 2.19 bits per heavy atom. The van der Waals surface area contributed by atoms with E-state index in [1.54, 1.807) is 28.4 Å². The van der Waals surface area contributed by atoms with Crippen LogP contribution in [-0.4, -0.2) is 34.3 Å². The highest BCUT2D eigenvalue weighted by Gasteiger charge is 2.14. The molecule has 0 radical (unpaired) electrons. The van der Waals surface area contributed by atoms with Gasteiger partial charge in [-0.25, -0.2) is 0 Å². The number of hydrogen-bond acceptors (Lipinski definition) is 4. The molecule has 0 saturated carbocycles. The first-order valence-electron chi connectivity index (χ1n) is 8.05. The summed E-state index contributed by atoms with van der Waals surface area (Å²) in [6, 6.07) is 9.86. The van der Waals surface area contributed by atoms with Gasteiger partial charge in [-0.05, 0) is 30.2 Å². The van der Waals surface area contributed by atoms with Crippen LogP contribution in [0.5, 0.6) is 17.2 Å². The van der Waals surface area contributed by atoms with Crippen LogP contribution in [0.2, 0.25) is 0 Å². The topological polar surface area (TPSA) is 64.1 Å². The zero-order chi connectivity index (χ0) is 19.1. The second kappa shape index (κ2) is 9.33. The third-order valence-corrected chi connectivity index (χ3v) is 4.40. The molecule has 140 valence electrons. The first-order valence-corrected chi connectivity index (χ1v) is 8.84. The van der Waals surface area contributed by atoms with Crippen molar-refractivity contribution >= 4 is 27.6 Å². The molecule has 7 heteroatoms. The number of ether oxygens (including phenoxy) is 3. The Bertz CT molecular complexity index is 769. The van der Waals surface area contributed by atoms with Crippen molar-refractivity contribution in [3.05, 3.63) is 45.9 Å². The van der Waals surface area contributed by atoms with E-state index in [4.69, 9.17) is 14.2 Å². The second-order valence-electron chi connectivity index (χ2n) is 5.54. The fraction of sp³-hybridized carbons (Fsp3) is 0.316. The van der Waals surface area contributed by atoms with Crippen LogP contribution >= 0.6 is 15.9 Å². The minimum absolute atomic E-state index is 0.550. The van der Waals surface area contributed by atoms with E-state index in [1.165, 1.54) is 11.1 Å². The van der Waals surface area contributed by atoms with E-state index in [0.717, 1.165) is 10.2 Å². The summed E-state index contributed by atoms with van der Waals surface area (Å²) >= 11 is 3.48. The maximum absolute atomic E-state index is 5.38. The average Bonchev–Trinajstić information content (AvgIpc) is 2.65. The lowest BCUT2D eigenvalue weighted by molar-refractivity contribution is 0.324. The predicted octanol–water partition coefficient (Wildman–Crippen LogP) is 3.97. The van der Waals surface area contributed by atoms with Crippen molar-refractivity contribution in [2.45, 2.75) is 13.5 Å². The van der Waals surface area contributed by atoms with E-state index in [1.807, 2.05) is 18.2 Å². The van der Waals surface area contributed by atoms with Crippen molar-refractivity contribution in [3.63, 3.8) is 0 Å². The monoisotopic (exact) mass is 421 g/mol. The first-order chi connectivity index (χ1) is 12.5.